The zero-order valence-corrected chi connectivity index (χ0v) is 15.0. The number of benzene rings is 2. The van der Waals surface area contributed by atoms with Crippen LogP contribution in [0.4, 0.5) is 5.69 Å². The summed E-state index contributed by atoms with van der Waals surface area (Å²) in [6, 6.07) is 16.1. The van der Waals surface area contributed by atoms with Gasteiger partial charge >= 0.3 is 5.97 Å². The smallest absolute Gasteiger partial charge is 0.349 e. The molecule has 25 heavy (non-hydrogen) atoms. The second kappa shape index (κ2) is 8.81. The molecule has 0 aromatic heterocycles. The molecule has 0 bridgehead atoms. The van der Waals surface area contributed by atoms with Crippen molar-refractivity contribution >= 4 is 39.6 Å². The molecule has 5 nitrogen and oxygen atoms in total. The number of hydrogen-bond acceptors (Lipinski definition) is 4. The molecule has 0 atom stereocenters. The number of rotatable bonds is 5. The standard InChI is InChI=1S/C19H15BrN2O3/c1-13-2-4-14(5-3-13)10-15(11-21)19(24)25-12-18(23)22-17-8-6-16(20)7-9-17/h2-10H,12H2,1H3,(H,22,23)/b15-10+. The van der Waals surface area contributed by atoms with Gasteiger partial charge < -0.3 is 10.1 Å². The number of esters is 1. The number of carbonyl (C=O) groups is 2. The van der Waals surface area contributed by atoms with Crippen molar-refractivity contribution in [3.63, 3.8) is 0 Å². The molecule has 0 aliphatic heterocycles. The zero-order chi connectivity index (χ0) is 18.2. The minimum absolute atomic E-state index is 0.166. The summed E-state index contributed by atoms with van der Waals surface area (Å²) in [6.07, 6.45) is 1.43. The van der Waals surface area contributed by atoms with Gasteiger partial charge in [-0.25, -0.2) is 4.79 Å². The largest absolute Gasteiger partial charge is 0.451 e. The number of aryl methyl sites for hydroxylation is 1. The van der Waals surface area contributed by atoms with E-state index in [2.05, 4.69) is 21.2 Å². The van der Waals surface area contributed by atoms with E-state index in [9.17, 15) is 9.59 Å². The Hall–Kier alpha value is -2.91. The van der Waals surface area contributed by atoms with E-state index in [1.54, 1.807) is 42.5 Å². The molecule has 1 amide bonds. The van der Waals surface area contributed by atoms with Crippen molar-refractivity contribution in [2.75, 3.05) is 11.9 Å². The van der Waals surface area contributed by atoms with E-state index in [1.165, 1.54) is 6.08 Å². The average Bonchev–Trinajstić information content (AvgIpc) is 2.61. The van der Waals surface area contributed by atoms with Crippen molar-refractivity contribution in [2.24, 2.45) is 0 Å². The number of nitriles is 1. The predicted octanol–water partition coefficient (Wildman–Crippen LogP) is 3.85. The van der Waals surface area contributed by atoms with Crippen LogP contribution in [0, 0.1) is 18.3 Å². The summed E-state index contributed by atoms with van der Waals surface area (Å²) in [5.74, 6) is -1.32. The summed E-state index contributed by atoms with van der Waals surface area (Å²) in [5, 5.41) is 11.7. The Morgan fingerprint density at radius 1 is 1.16 bits per heavy atom. The lowest BCUT2D eigenvalue weighted by atomic mass is 10.1. The molecule has 0 heterocycles. The van der Waals surface area contributed by atoms with Gasteiger partial charge in [0.05, 0.1) is 0 Å². The molecular weight excluding hydrogens is 384 g/mol. The summed E-state index contributed by atoms with van der Waals surface area (Å²) >= 11 is 3.30. The van der Waals surface area contributed by atoms with E-state index in [0.29, 0.717) is 11.3 Å². The summed E-state index contributed by atoms with van der Waals surface area (Å²) in [6.45, 7) is 1.47. The molecule has 1 N–H and O–H groups in total. The highest BCUT2D eigenvalue weighted by atomic mass is 79.9. The minimum atomic E-state index is -0.839. The molecule has 0 unspecified atom stereocenters. The maximum absolute atomic E-state index is 11.9. The van der Waals surface area contributed by atoms with E-state index in [-0.39, 0.29) is 5.57 Å². The molecule has 6 heteroatoms. The van der Waals surface area contributed by atoms with Crippen molar-refractivity contribution in [3.8, 4) is 6.07 Å². The number of halogens is 1. The Labute approximate surface area is 154 Å². The van der Waals surface area contributed by atoms with Crippen molar-refractivity contribution in [2.45, 2.75) is 6.92 Å². The molecule has 0 aliphatic carbocycles. The van der Waals surface area contributed by atoms with E-state index in [1.807, 2.05) is 19.1 Å². The Kier molecular flexibility index (Phi) is 6.49. The lowest BCUT2D eigenvalue weighted by Gasteiger charge is -2.06. The van der Waals surface area contributed by atoms with Gasteiger partial charge in [-0.1, -0.05) is 45.8 Å². The van der Waals surface area contributed by atoms with Gasteiger partial charge in [0, 0.05) is 10.2 Å². The van der Waals surface area contributed by atoms with Crippen LogP contribution in [0.25, 0.3) is 6.08 Å². The number of amides is 1. The van der Waals surface area contributed by atoms with Gasteiger partial charge in [-0.2, -0.15) is 5.26 Å². The van der Waals surface area contributed by atoms with Crippen LogP contribution in [-0.2, 0) is 14.3 Å². The first-order chi connectivity index (χ1) is 12.0. The van der Waals surface area contributed by atoms with Crippen LogP contribution in [0.3, 0.4) is 0 Å². The average molecular weight is 399 g/mol. The minimum Gasteiger partial charge on any atom is -0.451 e. The Morgan fingerprint density at radius 2 is 1.80 bits per heavy atom. The molecule has 0 saturated heterocycles. The first-order valence-corrected chi connectivity index (χ1v) is 8.18. The fourth-order valence-electron chi connectivity index (χ4n) is 1.91. The van der Waals surface area contributed by atoms with Crippen molar-refractivity contribution in [3.05, 3.63) is 69.7 Å². The van der Waals surface area contributed by atoms with Crippen LogP contribution in [-0.4, -0.2) is 18.5 Å². The predicted molar refractivity (Wildman–Crippen MR) is 98.5 cm³/mol. The fraction of sp³-hybridized carbons (Fsp3) is 0.105. The van der Waals surface area contributed by atoms with E-state index in [4.69, 9.17) is 10.00 Å². The van der Waals surface area contributed by atoms with Crippen LogP contribution in [0.1, 0.15) is 11.1 Å². The molecule has 126 valence electrons. The summed E-state index contributed by atoms with van der Waals surface area (Å²) in [4.78, 5) is 23.8. The van der Waals surface area contributed by atoms with Crippen molar-refractivity contribution in [1.29, 1.82) is 5.26 Å². The molecule has 2 rings (SSSR count). The van der Waals surface area contributed by atoms with Gasteiger partial charge in [0.25, 0.3) is 5.91 Å². The molecule has 0 spiro atoms. The highest BCUT2D eigenvalue weighted by Crippen LogP contribution is 2.14. The molecule has 2 aromatic carbocycles. The maximum Gasteiger partial charge on any atom is 0.349 e. The lowest BCUT2D eigenvalue weighted by Crippen LogP contribution is -2.21. The van der Waals surface area contributed by atoms with Crippen LogP contribution in [0.15, 0.2) is 58.6 Å². The second-order valence-corrected chi connectivity index (χ2v) is 6.13. The number of ether oxygens (including phenoxy) is 1. The Balaban J connectivity index is 1.93. The van der Waals surface area contributed by atoms with Crippen LogP contribution in [0.5, 0.6) is 0 Å². The second-order valence-electron chi connectivity index (χ2n) is 5.21. The van der Waals surface area contributed by atoms with Crippen LogP contribution < -0.4 is 5.32 Å². The number of carbonyl (C=O) groups excluding carboxylic acids is 2. The molecule has 0 fully saturated rings. The fourth-order valence-corrected chi connectivity index (χ4v) is 2.17. The van der Waals surface area contributed by atoms with Crippen molar-refractivity contribution in [1.82, 2.24) is 0 Å². The van der Waals surface area contributed by atoms with Crippen LogP contribution in [0.2, 0.25) is 0 Å². The van der Waals surface area contributed by atoms with Gasteiger partial charge in [-0.15, -0.1) is 0 Å². The first-order valence-electron chi connectivity index (χ1n) is 7.39. The van der Waals surface area contributed by atoms with Gasteiger partial charge in [0.1, 0.15) is 11.6 Å². The first kappa shape index (κ1) is 18.4. The lowest BCUT2D eigenvalue weighted by molar-refractivity contribution is -0.142. The third-order valence-corrected chi connectivity index (χ3v) is 3.72. The highest BCUT2D eigenvalue weighted by Gasteiger charge is 2.13. The molecule has 0 radical (unpaired) electrons. The van der Waals surface area contributed by atoms with Gasteiger partial charge in [-0.05, 0) is 42.8 Å². The Bertz CT molecular complexity index is 834. The third-order valence-electron chi connectivity index (χ3n) is 3.19. The van der Waals surface area contributed by atoms with Gasteiger partial charge in [0.2, 0.25) is 0 Å². The van der Waals surface area contributed by atoms with Gasteiger partial charge in [0.15, 0.2) is 6.61 Å². The highest BCUT2D eigenvalue weighted by molar-refractivity contribution is 9.10. The monoisotopic (exact) mass is 398 g/mol. The van der Waals surface area contributed by atoms with E-state index in [0.717, 1.165) is 10.0 Å². The van der Waals surface area contributed by atoms with E-state index >= 15 is 0 Å². The Morgan fingerprint density at radius 3 is 2.40 bits per heavy atom. The summed E-state index contributed by atoms with van der Waals surface area (Å²) in [5.41, 5.74) is 2.20. The topological polar surface area (TPSA) is 79.2 Å². The molecule has 0 saturated carbocycles. The summed E-state index contributed by atoms with van der Waals surface area (Å²) in [7, 11) is 0. The number of nitrogens with one attached hydrogen (secondary N) is 1. The SMILES string of the molecule is Cc1ccc(/C=C(\C#N)C(=O)OCC(=O)Nc2ccc(Br)cc2)cc1. The number of hydrogen-bond donors (Lipinski definition) is 1. The molecular formula is C19H15BrN2O3. The van der Waals surface area contributed by atoms with E-state index < -0.39 is 18.5 Å². The quantitative estimate of drug-likeness (QED) is 0.471. The normalized spacial score (nSPS) is 10.7. The zero-order valence-electron chi connectivity index (χ0n) is 13.5. The molecule has 0 aliphatic rings. The third kappa shape index (κ3) is 5.90. The number of nitrogens with zero attached hydrogens (tertiary/aromatic N) is 1. The molecule has 2 aromatic rings. The van der Waals surface area contributed by atoms with Gasteiger partial charge in [-0.3, -0.25) is 4.79 Å². The van der Waals surface area contributed by atoms with Crippen molar-refractivity contribution < 1.29 is 14.3 Å². The van der Waals surface area contributed by atoms with Crippen LogP contribution >= 0.6 is 15.9 Å². The maximum atomic E-state index is 11.9. The number of anilines is 1. The summed E-state index contributed by atoms with van der Waals surface area (Å²) < 4.78 is 5.78.